The highest BCUT2D eigenvalue weighted by molar-refractivity contribution is 7.17. The van der Waals surface area contributed by atoms with Gasteiger partial charge in [0.1, 0.15) is 9.88 Å². The number of aromatic nitrogens is 3. The van der Waals surface area contributed by atoms with E-state index in [0.29, 0.717) is 34.0 Å². The number of thiazole rings is 1. The van der Waals surface area contributed by atoms with Crippen molar-refractivity contribution in [1.82, 2.24) is 20.1 Å². The van der Waals surface area contributed by atoms with Gasteiger partial charge in [0.2, 0.25) is 0 Å². The van der Waals surface area contributed by atoms with Gasteiger partial charge in [0, 0.05) is 7.05 Å². The number of carboxylic acid groups (broad SMARTS) is 1. The van der Waals surface area contributed by atoms with E-state index in [2.05, 4.69) is 15.4 Å². The third-order valence-corrected chi connectivity index (χ3v) is 6.29. The Balaban J connectivity index is 1.95. The molecular formula is C18H22N4O4S. The minimum Gasteiger partial charge on any atom is -0.481 e. The Morgan fingerprint density at radius 1 is 1.26 bits per heavy atom. The van der Waals surface area contributed by atoms with Crippen LogP contribution in [-0.2, 0) is 11.8 Å². The molecule has 27 heavy (non-hydrogen) atoms. The van der Waals surface area contributed by atoms with Crippen LogP contribution in [0.2, 0.25) is 0 Å². The first-order chi connectivity index (χ1) is 12.6. The first kappa shape index (κ1) is 19.2. The predicted molar refractivity (Wildman–Crippen MR) is 101 cm³/mol. The molecule has 0 aliphatic heterocycles. The van der Waals surface area contributed by atoms with Gasteiger partial charge in [-0.25, -0.2) is 9.67 Å². The maximum atomic E-state index is 12.8. The lowest BCUT2D eigenvalue weighted by atomic mass is 9.74. The number of aliphatic carboxylic acids is 1. The Bertz CT molecular complexity index is 988. The molecule has 2 aromatic rings. The fourth-order valence-electron chi connectivity index (χ4n) is 3.35. The molecule has 0 radical (unpaired) electrons. The Kier molecular flexibility index (Phi) is 4.90. The smallest absolute Gasteiger partial charge is 0.305 e. The molecular weight excluding hydrogens is 368 g/mol. The highest BCUT2D eigenvalue weighted by atomic mass is 32.1. The summed E-state index contributed by atoms with van der Waals surface area (Å²) in [6.45, 7) is 5.35. The summed E-state index contributed by atoms with van der Waals surface area (Å²) < 4.78 is 1.27. The molecule has 0 unspecified atom stereocenters. The molecule has 1 fully saturated rings. The van der Waals surface area contributed by atoms with Crippen LogP contribution in [0.1, 0.15) is 52.3 Å². The summed E-state index contributed by atoms with van der Waals surface area (Å²) in [7, 11) is 1.58. The van der Waals surface area contributed by atoms with Crippen LogP contribution in [0.25, 0.3) is 10.6 Å². The lowest BCUT2D eigenvalue weighted by Crippen LogP contribution is -2.54. The van der Waals surface area contributed by atoms with Crippen LogP contribution in [0, 0.1) is 20.8 Å². The number of carbonyl (C=O) groups is 2. The minimum absolute atomic E-state index is 0.0906. The van der Waals surface area contributed by atoms with E-state index in [-0.39, 0.29) is 17.9 Å². The third kappa shape index (κ3) is 3.51. The summed E-state index contributed by atoms with van der Waals surface area (Å²) in [6, 6.07) is 0. The number of rotatable bonds is 5. The third-order valence-electron chi connectivity index (χ3n) is 5.12. The van der Waals surface area contributed by atoms with Crippen molar-refractivity contribution in [1.29, 1.82) is 0 Å². The number of hydrogen-bond donors (Lipinski definition) is 2. The molecule has 0 atom stereocenters. The van der Waals surface area contributed by atoms with E-state index in [9.17, 15) is 14.4 Å². The molecule has 2 heterocycles. The van der Waals surface area contributed by atoms with Crippen LogP contribution in [0.3, 0.4) is 0 Å². The van der Waals surface area contributed by atoms with Crippen LogP contribution < -0.4 is 10.9 Å². The van der Waals surface area contributed by atoms with Crippen LogP contribution in [-0.4, -0.2) is 37.3 Å². The second kappa shape index (κ2) is 6.88. The number of nitrogens with one attached hydrogen (secondary N) is 1. The molecule has 144 valence electrons. The Morgan fingerprint density at radius 3 is 2.48 bits per heavy atom. The molecule has 2 N–H and O–H groups in total. The van der Waals surface area contributed by atoms with Gasteiger partial charge in [0.25, 0.3) is 11.5 Å². The number of hydrogen-bond acceptors (Lipinski definition) is 6. The first-order valence-electron chi connectivity index (χ1n) is 8.70. The zero-order valence-corrected chi connectivity index (χ0v) is 16.6. The largest absolute Gasteiger partial charge is 0.481 e. The molecule has 9 heteroatoms. The van der Waals surface area contributed by atoms with Crippen molar-refractivity contribution in [2.24, 2.45) is 7.05 Å². The summed E-state index contributed by atoms with van der Waals surface area (Å²) in [4.78, 5) is 41.3. The molecule has 3 rings (SSSR count). The zero-order chi connectivity index (χ0) is 19.9. The standard InChI is InChI=1S/C18H22N4O4S/c1-9-10(2)21-22(4)17(26)13(9)16-19-11(3)14(27-16)15(25)20-18(6-5-7-18)8-12(23)24/h5-8H2,1-4H3,(H,20,25)(H,23,24). The molecule has 0 bridgehead atoms. The Morgan fingerprint density at radius 2 is 1.93 bits per heavy atom. The summed E-state index contributed by atoms with van der Waals surface area (Å²) in [5.74, 6) is -1.26. The topological polar surface area (TPSA) is 114 Å². The van der Waals surface area contributed by atoms with Crippen molar-refractivity contribution in [3.63, 3.8) is 0 Å². The highest BCUT2D eigenvalue weighted by Crippen LogP contribution is 2.36. The van der Waals surface area contributed by atoms with E-state index in [1.165, 1.54) is 4.68 Å². The molecule has 0 saturated heterocycles. The second-order valence-corrected chi connectivity index (χ2v) is 8.11. The van der Waals surface area contributed by atoms with Crippen molar-refractivity contribution in [2.45, 2.75) is 52.0 Å². The van der Waals surface area contributed by atoms with E-state index in [1.54, 1.807) is 14.0 Å². The molecule has 2 aromatic heterocycles. The van der Waals surface area contributed by atoms with Gasteiger partial charge in [0.15, 0.2) is 0 Å². The van der Waals surface area contributed by atoms with Gasteiger partial charge in [-0.05, 0) is 45.6 Å². The first-order valence-corrected chi connectivity index (χ1v) is 9.52. The molecule has 1 saturated carbocycles. The quantitative estimate of drug-likeness (QED) is 0.807. The summed E-state index contributed by atoms with van der Waals surface area (Å²) in [5.41, 5.74) is 1.48. The average Bonchev–Trinajstić information content (AvgIpc) is 2.92. The number of nitrogens with zero attached hydrogens (tertiary/aromatic N) is 3. The van der Waals surface area contributed by atoms with E-state index in [1.807, 2.05) is 13.8 Å². The van der Waals surface area contributed by atoms with Crippen LogP contribution >= 0.6 is 11.3 Å². The fraction of sp³-hybridized carbons (Fsp3) is 0.500. The van der Waals surface area contributed by atoms with Crippen LogP contribution in [0.4, 0.5) is 0 Å². The van der Waals surface area contributed by atoms with Gasteiger partial charge in [-0.1, -0.05) is 0 Å². The SMILES string of the molecule is Cc1nc(-c2c(C)c(C)nn(C)c2=O)sc1C(=O)NC1(CC(=O)O)CCC1. The molecule has 1 amide bonds. The summed E-state index contributed by atoms with van der Waals surface area (Å²) in [5, 5.41) is 16.6. The number of amides is 1. The van der Waals surface area contributed by atoms with Gasteiger partial charge < -0.3 is 10.4 Å². The maximum absolute atomic E-state index is 12.8. The van der Waals surface area contributed by atoms with E-state index in [4.69, 9.17) is 5.11 Å². The fourth-order valence-corrected chi connectivity index (χ4v) is 4.41. The maximum Gasteiger partial charge on any atom is 0.305 e. The Labute approximate surface area is 160 Å². The molecule has 1 aliphatic carbocycles. The lowest BCUT2D eigenvalue weighted by molar-refractivity contribution is -0.139. The zero-order valence-electron chi connectivity index (χ0n) is 15.8. The highest BCUT2D eigenvalue weighted by Gasteiger charge is 2.41. The molecule has 8 nitrogen and oxygen atoms in total. The number of carboxylic acids is 1. The number of carbonyl (C=O) groups excluding carboxylic acids is 1. The van der Waals surface area contributed by atoms with E-state index < -0.39 is 11.5 Å². The van der Waals surface area contributed by atoms with Crippen molar-refractivity contribution in [3.05, 3.63) is 32.2 Å². The van der Waals surface area contributed by atoms with E-state index in [0.717, 1.165) is 29.0 Å². The molecule has 0 aromatic carbocycles. The van der Waals surface area contributed by atoms with Crippen molar-refractivity contribution in [2.75, 3.05) is 0 Å². The van der Waals surface area contributed by atoms with Crippen molar-refractivity contribution < 1.29 is 14.7 Å². The summed E-state index contributed by atoms with van der Waals surface area (Å²) in [6.07, 6.45) is 2.11. The van der Waals surface area contributed by atoms with Gasteiger partial charge in [-0.2, -0.15) is 5.10 Å². The van der Waals surface area contributed by atoms with Crippen LogP contribution in [0.5, 0.6) is 0 Å². The lowest BCUT2D eigenvalue weighted by Gasteiger charge is -2.41. The number of aryl methyl sites for hydroxylation is 3. The minimum atomic E-state index is -0.928. The van der Waals surface area contributed by atoms with Gasteiger partial charge in [0.05, 0.1) is 28.9 Å². The summed E-state index contributed by atoms with van der Waals surface area (Å²) >= 11 is 1.15. The van der Waals surface area contributed by atoms with Crippen molar-refractivity contribution >= 4 is 23.2 Å². The molecule has 1 aliphatic rings. The van der Waals surface area contributed by atoms with Crippen LogP contribution in [0.15, 0.2) is 4.79 Å². The monoisotopic (exact) mass is 390 g/mol. The predicted octanol–water partition coefficient (Wildman–Crippen LogP) is 1.96. The van der Waals surface area contributed by atoms with Gasteiger partial charge >= 0.3 is 5.97 Å². The average molecular weight is 390 g/mol. The Hall–Kier alpha value is -2.55. The van der Waals surface area contributed by atoms with E-state index >= 15 is 0 Å². The molecule has 0 spiro atoms. The second-order valence-electron chi connectivity index (χ2n) is 7.11. The van der Waals surface area contributed by atoms with Crippen molar-refractivity contribution in [3.8, 4) is 10.6 Å². The normalized spacial score (nSPS) is 15.3. The van der Waals surface area contributed by atoms with Gasteiger partial charge in [-0.3, -0.25) is 14.4 Å². The van der Waals surface area contributed by atoms with Gasteiger partial charge in [-0.15, -0.1) is 11.3 Å².